The molecule has 140 valence electrons. The lowest BCUT2D eigenvalue weighted by molar-refractivity contribution is -0.138. The Kier molecular flexibility index (Phi) is 6.63. The number of carboxylic acid groups (broad SMARTS) is 1. The molecule has 7 heteroatoms. The average molecular weight is 367 g/mol. The first-order valence-electron chi connectivity index (χ1n) is 8.05. The minimum absolute atomic E-state index is 0.0954. The monoisotopic (exact) mass is 367 g/mol. The lowest BCUT2D eigenvalue weighted by Gasteiger charge is -2.22. The molecule has 0 heterocycles. The second-order valence-electron chi connectivity index (χ2n) is 5.96. The summed E-state index contributed by atoms with van der Waals surface area (Å²) in [5, 5.41) is 8.83. The van der Waals surface area contributed by atoms with Gasteiger partial charge in [0.2, 0.25) is 0 Å². The highest BCUT2D eigenvalue weighted by Gasteiger charge is 2.30. The Morgan fingerprint density at radius 2 is 1.73 bits per heavy atom. The highest BCUT2D eigenvalue weighted by atomic mass is 19.4. The van der Waals surface area contributed by atoms with E-state index in [1.807, 2.05) is 30.3 Å². The zero-order chi connectivity index (χ0) is 19.2. The van der Waals surface area contributed by atoms with Crippen LogP contribution < -0.4 is 4.74 Å². The molecule has 0 fully saturated rings. The predicted octanol–water partition coefficient (Wildman–Crippen LogP) is 4.23. The Labute approximate surface area is 149 Å². The van der Waals surface area contributed by atoms with E-state index < -0.39 is 23.8 Å². The molecule has 0 aliphatic heterocycles. The van der Waals surface area contributed by atoms with Crippen LogP contribution in [0.15, 0.2) is 54.6 Å². The zero-order valence-electron chi connectivity index (χ0n) is 14.2. The molecule has 2 rings (SSSR count). The summed E-state index contributed by atoms with van der Waals surface area (Å²) in [4.78, 5) is 12.4. The van der Waals surface area contributed by atoms with E-state index in [2.05, 4.69) is 0 Å². The Hall–Kier alpha value is -2.54. The molecular formula is C19H20F3NO3. The smallest absolute Gasteiger partial charge is 0.416 e. The van der Waals surface area contributed by atoms with Crippen LogP contribution in [-0.2, 0) is 11.0 Å². The number of aliphatic carboxylic acids is 1. The summed E-state index contributed by atoms with van der Waals surface area (Å²) in [5.41, 5.74) is 0.137. The number of carboxylic acids is 1. The summed E-state index contributed by atoms with van der Waals surface area (Å²) < 4.78 is 43.9. The van der Waals surface area contributed by atoms with E-state index in [1.165, 1.54) is 12.1 Å². The third-order valence-electron chi connectivity index (χ3n) is 3.81. The summed E-state index contributed by atoms with van der Waals surface area (Å²) in [6.45, 7) is 0.369. The first kappa shape index (κ1) is 19.8. The summed E-state index contributed by atoms with van der Waals surface area (Å²) in [7, 11) is 1.69. The number of hydrogen-bond acceptors (Lipinski definition) is 3. The molecule has 1 N–H and O–H groups in total. The summed E-state index contributed by atoms with van der Waals surface area (Å²) in [5.74, 6) is -0.597. The molecular weight excluding hydrogens is 347 g/mol. The minimum Gasteiger partial charge on any atom is -0.486 e. The SMILES string of the molecule is CN(CC[C@H](Oc1ccc(C(F)(F)F)cc1)c1ccccc1)CC(=O)O. The molecule has 0 saturated carbocycles. The quantitative estimate of drug-likeness (QED) is 0.759. The molecule has 0 spiro atoms. The molecule has 1 atom stereocenters. The summed E-state index contributed by atoms with van der Waals surface area (Å²) in [6.07, 6.45) is -4.30. The highest BCUT2D eigenvalue weighted by Crippen LogP contribution is 2.32. The van der Waals surface area contributed by atoms with E-state index in [0.29, 0.717) is 18.7 Å². The Morgan fingerprint density at radius 3 is 2.27 bits per heavy atom. The normalized spacial score (nSPS) is 12.8. The minimum atomic E-state index is -4.39. The van der Waals surface area contributed by atoms with Gasteiger partial charge in [0.1, 0.15) is 11.9 Å². The van der Waals surface area contributed by atoms with Crippen molar-refractivity contribution in [3.05, 3.63) is 65.7 Å². The predicted molar refractivity (Wildman–Crippen MR) is 91.0 cm³/mol. The second kappa shape index (κ2) is 8.71. The van der Waals surface area contributed by atoms with Crippen molar-refractivity contribution in [3.8, 4) is 5.75 Å². The van der Waals surface area contributed by atoms with Gasteiger partial charge in [0.15, 0.2) is 0 Å². The van der Waals surface area contributed by atoms with Gasteiger partial charge in [-0.1, -0.05) is 30.3 Å². The maximum atomic E-state index is 12.7. The van der Waals surface area contributed by atoms with Gasteiger partial charge in [0.05, 0.1) is 12.1 Å². The number of rotatable bonds is 8. The average Bonchev–Trinajstić information content (AvgIpc) is 2.58. The fourth-order valence-electron chi connectivity index (χ4n) is 2.50. The molecule has 4 nitrogen and oxygen atoms in total. The van der Waals surface area contributed by atoms with Crippen molar-refractivity contribution in [2.45, 2.75) is 18.7 Å². The molecule has 2 aromatic carbocycles. The number of ether oxygens (including phenoxy) is 1. The van der Waals surface area contributed by atoms with Crippen molar-refractivity contribution in [3.63, 3.8) is 0 Å². The van der Waals surface area contributed by atoms with Gasteiger partial charge >= 0.3 is 12.1 Å². The molecule has 2 aromatic rings. The van der Waals surface area contributed by atoms with Crippen LogP contribution in [0.3, 0.4) is 0 Å². The van der Waals surface area contributed by atoms with Crippen molar-refractivity contribution in [2.75, 3.05) is 20.1 Å². The number of carbonyl (C=O) groups is 1. The topological polar surface area (TPSA) is 49.8 Å². The third-order valence-corrected chi connectivity index (χ3v) is 3.81. The molecule has 0 aromatic heterocycles. The first-order chi connectivity index (χ1) is 12.3. The van der Waals surface area contributed by atoms with Crippen LogP contribution >= 0.6 is 0 Å². The number of hydrogen-bond donors (Lipinski definition) is 1. The second-order valence-corrected chi connectivity index (χ2v) is 5.96. The Morgan fingerprint density at radius 1 is 1.12 bits per heavy atom. The van der Waals surface area contributed by atoms with E-state index in [9.17, 15) is 18.0 Å². The lowest BCUT2D eigenvalue weighted by atomic mass is 10.1. The Bertz CT molecular complexity index is 702. The van der Waals surface area contributed by atoms with Gasteiger partial charge in [-0.05, 0) is 36.9 Å². The van der Waals surface area contributed by atoms with Crippen LogP contribution in [0.4, 0.5) is 13.2 Å². The number of benzene rings is 2. The molecule has 0 saturated heterocycles. The number of halogens is 3. The largest absolute Gasteiger partial charge is 0.486 e. The van der Waals surface area contributed by atoms with Gasteiger partial charge in [-0.15, -0.1) is 0 Å². The van der Waals surface area contributed by atoms with E-state index in [-0.39, 0.29) is 6.54 Å². The number of likely N-dealkylation sites (N-methyl/N-ethyl adjacent to an activating group) is 1. The molecule has 0 bridgehead atoms. The van der Waals surface area contributed by atoms with Crippen molar-refractivity contribution < 1.29 is 27.8 Å². The van der Waals surface area contributed by atoms with Crippen LogP contribution in [-0.4, -0.2) is 36.1 Å². The molecule has 0 radical (unpaired) electrons. The number of alkyl halides is 3. The van der Waals surface area contributed by atoms with Crippen molar-refractivity contribution in [1.82, 2.24) is 4.90 Å². The van der Waals surface area contributed by atoms with E-state index in [1.54, 1.807) is 11.9 Å². The van der Waals surface area contributed by atoms with Crippen LogP contribution in [0.2, 0.25) is 0 Å². The van der Waals surface area contributed by atoms with E-state index in [0.717, 1.165) is 17.7 Å². The van der Waals surface area contributed by atoms with Crippen LogP contribution in [0, 0.1) is 0 Å². The van der Waals surface area contributed by atoms with Gasteiger partial charge < -0.3 is 9.84 Å². The van der Waals surface area contributed by atoms with Crippen LogP contribution in [0.5, 0.6) is 5.75 Å². The standard InChI is InChI=1S/C19H20F3NO3/c1-23(13-18(24)25)12-11-17(14-5-3-2-4-6-14)26-16-9-7-15(8-10-16)19(20,21)22/h2-10,17H,11-13H2,1H3,(H,24,25)/t17-/m0/s1. The van der Waals surface area contributed by atoms with Crippen molar-refractivity contribution >= 4 is 5.97 Å². The lowest BCUT2D eigenvalue weighted by Crippen LogP contribution is -2.28. The zero-order valence-corrected chi connectivity index (χ0v) is 14.2. The molecule has 0 amide bonds. The Balaban J connectivity index is 2.10. The van der Waals surface area contributed by atoms with E-state index >= 15 is 0 Å². The molecule has 0 unspecified atom stereocenters. The van der Waals surface area contributed by atoms with Gasteiger partial charge in [0.25, 0.3) is 0 Å². The van der Waals surface area contributed by atoms with Crippen molar-refractivity contribution in [2.24, 2.45) is 0 Å². The summed E-state index contributed by atoms with van der Waals surface area (Å²) in [6, 6.07) is 13.8. The van der Waals surface area contributed by atoms with Crippen molar-refractivity contribution in [1.29, 1.82) is 0 Å². The maximum absolute atomic E-state index is 12.7. The van der Waals surface area contributed by atoms with E-state index in [4.69, 9.17) is 9.84 Å². The number of nitrogens with zero attached hydrogens (tertiary/aromatic N) is 1. The third kappa shape index (κ3) is 6.07. The van der Waals surface area contributed by atoms with Crippen LogP contribution in [0.25, 0.3) is 0 Å². The highest BCUT2D eigenvalue weighted by molar-refractivity contribution is 5.68. The van der Waals surface area contributed by atoms with Crippen LogP contribution in [0.1, 0.15) is 23.7 Å². The fraction of sp³-hybridized carbons (Fsp3) is 0.316. The maximum Gasteiger partial charge on any atom is 0.416 e. The molecule has 26 heavy (non-hydrogen) atoms. The molecule has 0 aliphatic rings. The van der Waals surface area contributed by atoms with Gasteiger partial charge in [-0.3, -0.25) is 9.69 Å². The summed E-state index contributed by atoms with van der Waals surface area (Å²) >= 11 is 0. The van der Waals surface area contributed by atoms with Gasteiger partial charge in [0, 0.05) is 13.0 Å². The molecule has 0 aliphatic carbocycles. The van der Waals surface area contributed by atoms with Gasteiger partial charge in [-0.2, -0.15) is 13.2 Å². The van der Waals surface area contributed by atoms with Gasteiger partial charge in [-0.25, -0.2) is 0 Å². The first-order valence-corrected chi connectivity index (χ1v) is 8.05. The fourth-order valence-corrected chi connectivity index (χ4v) is 2.50.